The van der Waals surface area contributed by atoms with Gasteiger partial charge in [0.1, 0.15) is 0 Å². The third kappa shape index (κ3) is 6.12. The van der Waals surface area contributed by atoms with Crippen LogP contribution >= 0.6 is 11.8 Å². The van der Waals surface area contributed by atoms with Gasteiger partial charge in [-0.05, 0) is 44.4 Å². The first-order valence-corrected chi connectivity index (χ1v) is 7.95. The Balaban J connectivity index is 1.89. The van der Waals surface area contributed by atoms with Gasteiger partial charge < -0.3 is 10.1 Å². The van der Waals surface area contributed by atoms with Gasteiger partial charge in [0.15, 0.2) is 0 Å². The minimum atomic E-state index is 0.556. The first-order valence-electron chi connectivity index (χ1n) is 6.79. The predicted octanol–water partition coefficient (Wildman–Crippen LogP) is 3.07. The third-order valence-electron chi connectivity index (χ3n) is 3.15. The zero-order chi connectivity index (χ0) is 11.6. The number of thioether (sulfide) groups is 1. The van der Waals surface area contributed by atoms with Crippen molar-refractivity contribution in [1.29, 1.82) is 0 Å². The van der Waals surface area contributed by atoms with Crippen LogP contribution in [0.3, 0.4) is 0 Å². The number of ether oxygens (including phenoxy) is 1. The Labute approximate surface area is 105 Å². The molecule has 2 unspecified atom stereocenters. The van der Waals surface area contributed by atoms with Crippen LogP contribution in [-0.4, -0.2) is 36.8 Å². The van der Waals surface area contributed by atoms with Crippen LogP contribution in [0.1, 0.15) is 46.0 Å². The maximum Gasteiger partial charge on any atom is 0.0666 e. The van der Waals surface area contributed by atoms with Crippen molar-refractivity contribution in [2.24, 2.45) is 0 Å². The van der Waals surface area contributed by atoms with Gasteiger partial charge in [0.25, 0.3) is 0 Å². The number of hydrogen-bond acceptors (Lipinski definition) is 3. The highest BCUT2D eigenvalue weighted by Gasteiger charge is 2.14. The molecule has 3 heteroatoms. The van der Waals surface area contributed by atoms with E-state index in [1.165, 1.54) is 43.6 Å². The van der Waals surface area contributed by atoms with Crippen molar-refractivity contribution in [3.8, 4) is 0 Å². The monoisotopic (exact) mass is 245 g/mol. The zero-order valence-corrected chi connectivity index (χ0v) is 11.7. The van der Waals surface area contributed by atoms with Crippen molar-refractivity contribution in [1.82, 2.24) is 5.32 Å². The van der Waals surface area contributed by atoms with Gasteiger partial charge in [-0.3, -0.25) is 0 Å². The molecule has 0 spiro atoms. The first kappa shape index (κ1) is 14.3. The third-order valence-corrected chi connectivity index (χ3v) is 4.34. The zero-order valence-electron chi connectivity index (χ0n) is 10.8. The van der Waals surface area contributed by atoms with Gasteiger partial charge in [0.05, 0.1) is 6.10 Å². The summed E-state index contributed by atoms with van der Waals surface area (Å²) in [5.41, 5.74) is 0. The van der Waals surface area contributed by atoms with Gasteiger partial charge >= 0.3 is 0 Å². The standard InChI is InChI=1S/C13H27NOS/c1-3-12(14-4-2)7-6-10-16-11-13-8-5-9-15-13/h12-14H,3-11H2,1-2H3. The quantitative estimate of drug-likeness (QED) is 0.631. The molecule has 2 atom stereocenters. The highest BCUT2D eigenvalue weighted by atomic mass is 32.2. The molecule has 0 aromatic carbocycles. The van der Waals surface area contributed by atoms with Crippen LogP contribution in [0, 0.1) is 0 Å². The van der Waals surface area contributed by atoms with E-state index in [1.54, 1.807) is 0 Å². The summed E-state index contributed by atoms with van der Waals surface area (Å²) in [5, 5.41) is 3.53. The van der Waals surface area contributed by atoms with Crippen LogP contribution in [0.25, 0.3) is 0 Å². The maximum atomic E-state index is 5.61. The molecular weight excluding hydrogens is 218 g/mol. The second kappa shape index (κ2) is 9.32. The van der Waals surface area contributed by atoms with Crippen LogP contribution in [0.5, 0.6) is 0 Å². The fourth-order valence-electron chi connectivity index (χ4n) is 2.16. The molecule has 16 heavy (non-hydrogen) atoms. The van der Waals surface area contributed by atoms with Gasteiger partial charge in [0.2, 0.25) is 0 Å². The molecule has 1 N–H and O–H groups in total. The number of rotatable bonds is 9. The van der Waals surface area contributed by atoms with E-state index in [4.69, 9.17) is 4.74 Å². The SMILES string of the molecule is CCNC(CC)CCCSCC1CCCO1. The molecule has 2 nitrogen and oxygen atoms in total. The molecule has 0 amide bonds. The lowest BCUT2D eigenvalue weighted by atomic mass is 10.1. The summed E-state index contributed by atoms with van der Waals surface area (Å²) < 4.78 is 5.61. The van der Waals surface area contributed by atoms with Crippen molar-refractivity contribution in [3.63, 3.8) is 0 Å². The Morgan fingerprint density at radius 2 is 2.31 bits per heavy atom. The van der Waals surface area contributed by atoms with E-state index in [2.05, 4.69) is 30.9 Å². The van der Waals surface area contributed by atoms with E-state index in [9.17, 15) is 0 Å². The Morgan fingerprint density at radius 1 is 1.44 bits per heavy atom. The molecule has 1 heterocycles. The molecule has 0 bridgehead atoms. The Morgan fingerprint density at radius 3 is 2.94 bits per heavy atom. The van der Waals surface area contributed by atoms with E-state index in [0.29, 0.717) is 6.10 Å². The summed E-state index contributed by atoms with van der Waals surface area (Å²) in [6.07, 6.45) is 7.02. The van der Waals surface area contributed by atoms with Gasteiger partial charge in [-0.2, -0.15) is 11.8 Å². The second-order valence-corrected chi connectivity index (χ2v) is 5.66. The largest absolute Gasteiger partial charge is 0.377 e. The smallest absolute Gasteiger partial charge is 0.0666 e. The lowest BCUT2D eigenvalue weighted by molar-refractivity contribution is 0.129. The van der Waals surface area contributed by atoms with Gasteiger partial charge in [-0.1, -0.05) is 13.8 Å². The lowest BCUT2D eigenvalue weighted by Crippen LogP contribution is -2.28. The predicted molar refractivity (Wildman–Crippen MR) is 73.3 cm³/mol. The topological polar surface area (TPSA) is 21.3 Å². The van der Waals surface area contributed by atoms with Crippen molar-refractivity contribution in [3.05, 3.63) is 0 Å². The summed E-state index contributed by atoms with van der Waals surface area (Å²) in [5.74, 6) is 2.50. The maximum absolute atomic E-state index is 5.61. The summed E-state index contributed by atoms with van der Waals surface area (Å²) in [7, 11) is 0. The van der Waals surface area contributed by atoms with Gasteiger partial charge in [0, 0.05) is 18.4 Å². The molecule has 0 aliphatic carbocycles. The molecule has 1 fully saturated rings. The van der Waals surface area contributed by atoms with E-state index in [-0.39, 0.29) is 0 Å². The summed E-state index contributed by atoms with van der Waals surface area (Å²) >= 11 is 2.07. The lowest BCUT2D eigenvalue weighted by Gasteiger charge is -2.15. The van der Waals surface area contributed by atoms with Crippen LogP contribution in [-0.2, 0) is 4.74 Å². The average Bonchev–Trinajstić information content (AvgIpc) is 2.80. The van der Waals surface area contributed by atoms with E-state index in [0.717, 1.165) is 19.2 Å². The molecule has 0 aromatic rings. The van der Waals surface area contributed by atoms with Crippen molar-refractivity contribution < 1.29 is 4.74 Å². The van der Waals surface area contributed by atoms with Crippen LogP contribution in [0.2, 0.25) is 0 Å². The molecule has 0 aromatic heterocycles. The summed E-state index contributed by atoms with van der Waals surface area (Å²) in [6, 6.07) is 0.730. The Hall–Kier alpha value is 0.270. The molecule has 0 radical (unpaired) electrons. The summed E-state index contributed by atoms with van der Waals surface area (Å²) in [4.78, 5) is 0. The minimum Gasteiger partial charge on any atom is -0.377 e. The van der Waals surface area contributed by atoms with E-state index >= 15 is 0 Å². The highest BCUT2D eigenvalue weighted by molar-refractivity contribution is 7.99. The van der Waals surface area contributed by atoms with Crippen molar-refractivity contribution >= 4 is 11.8 Å². The second-order valence-electron chi connectivity index (χ2n) is 4.52. The first-order chi connectivity index (χ1) is 7.86. The number of nitrogens with one attached hydrogen (secondary N) is 1. The molecule has 1 rings (SSSR count). The fraction of sp³-hybridized carbons (Fsp3) is 1.00. The van der Waals surface area contributed by atoms with Crippen molar-refractivity contribution in [2.45, 2.75) is 58.1 Å². The molecule has 1 aliphatic heterocycles. The van der Waals surface area contributed by atoms with Gasteiger partial charge in [-0.15, -0.1) is 0 Å². The fourth-order valence-corrected chi connectivity index (χ4v) is 3.22. The van der Waals surface area contributed by atoms with E-state index < -0.39 is 0 Å². The van der Waals surface area contributed by atoms with Crippen LogP contribution < -0.4 is 5.32 Å². The highest BCUT2D eigenvalue weighted by Crippen LogP contribution is 2.18. The molecule has 96 valence electrons. The molecule has 1 saturated heterocycles. The van der Waals surface area contributed by atoms with Gasteiger partial charge in [-0.25, -0.2) is 0 Å². The molecular formula is C13H27NOS. The Kier molecular flexibility index (Phi) is 8.34. The number of hydrogen-bond donors (Lipinski definition) is 1. The van der Waals surface area contributed by atoms with Crippen LogP contribution in [0.4, 0.5) is 0 Å². The minimum absolute atomic E-state index is 0.556. The van der Waals surface area contributed by atoms with Crippen molar-refractivity contribution in [2.75, 3.05) is 24.7 Å². The Bertz CT molecular complexity index is 160. The summed E-state index contributed by atoms with van der Waals surface area (Å²) in [6.45, 7) is 6.55. The van der Waals surface area contributed by atoms with Crippen LogP contribution in [0.15, 0.2) is 0 Å². The molecule has 1 aliphatic rings. The molecule has 0 saturated carbocycles. The van der Waals surface area contributed by atoms with E-state index in [1.807, 2.05) is 0 Å². The average molecular weight is 245 g/mol. The normalized spacial score (nSPS) is 22.5.